The molecule has 0 bridgehead atoms. The summed E-state index contributed by atoms with van der Waals surface area (Å²) < 4.78 is 27.5. The Morgan fingerprint density at radius 2 is 1.71 bits per heavy atom. The van der Waals surface area contributed by atoms with Crippen LogP contribution in [0.25, 0.3) is 0 Å². The number of nitriles is 1. The maximum Gasteiger partial charge on any atom is 0.131 e. The molecule has 1 atom stereocenters. The average Bonchev–Trinajstić information content (AvgIpc) is 2.46. The first-order valence-electron chi connectivity index (χ1n) is 6.69. The van der Waals surface area contributed by atoms with Gasteiger partial charge >= 0.3 is 0 Å². The van der Waals surface area contributed by atoms with Crippen LogP contribution in [0.1, 0.15) is 35.2 Å². The molecule has 2 aromatic rings. The van der Waals surface area contributed by atoms with E-state index in [1.165, 1.54) is 0 Å². The average molecular weight is 286 g/mol. The van der Waals surface area contributed by atoms with Crippen molar-refractivity contribution in [3.05, 3.63) is 70.3 Å². The second-order valence-electron chi connectivity index (χ2n) is 5.04. The number of aryl methyl sites for hydroxylation is 1. The molecule has 0 saturated carbocycles. The largest absolute Gasteiger partial charge is 0.306 e. The molecule has 0 amide bonds. The summed E-state index contributed by atoms with van der Waals surface area (Å²) in [5.74, 6) is -1.40. The van der Waals surface area contributed by atoms with Crippen LogP contribution in [-0.2, 0) is 6.54 Å². The molecule has 0 fully saturated rings. The summed E-state index contributed by atoms with van der Waals surface area (Å²) in [5.41, 5.74) is 2.15. The lowest BCUT2D eigenvalue weighted by molar-refractivity contribution is 0.508. The molecule has 0 unspecified atom stereocenters. The summed E-state index contributed by atoms with van der Waals surface area (Å²) in [6.45, 7) is 4.01. The number of halogens is 2. The molecule has 0 radical (unpaired) electrons. The second-order valence-corrected chi connectivity index (χ2v) is 5.04. The number of hydrogen-bond donors (Lipinski definition) is 1. The van der Waals surface area contributed by atoms with Crippen LogP contribution in [0.15, 0.2) is 36.4 Å². The minimum atomic E-state index is -0.699. The van der Waals surface area contributed by atoms with Gasteiger partial charge in [0.25, 0.3) is 0 Å². The summed E-state index contributed by atoms with van der Waals surface area (Å²) in [4.78, 5) is 0. The van der Waals surface area contributed by atoms with E-state index in [0.717, 1.165) is 23.3 Å². The van der Waals surface area contributed by atoms with Crippen LogP contribution in [0.2, 0.25) is 0 Å². The Labute approximate surface area is 123 Å². The number of nitrogens with one attached hydrogen (secondary N) is 1. The lowest BCUT2D eigenvalue weighted by Gasteiger charge is -2.15. The van der Waals surface area contributed by atoms with Gasteiger partial charge in [-0.3, -0.25) is 0 Å². The molecular weight excluding hydrogens is 270 g/mol. The Balaban J connectivity index is 2.10. The van der Waals surface area contributed by atoms with E-state index in [1.807, 2.05) is 38.1 Å². The van der Waals surface area contributed by atoms with Gasteiger partial charge in [0.05, 0.1) is 11.6 Å². The zero-order chi connectivity index (χ0) is 15.4. The molecule has 108 valence electrons. The van der Waals surface area contributed by atoms with E-state index in [0.29, 0.717) is 0 Å². The smallest absolute Gasteiger partial charge is 0.131 e. The predicted octanol–water partition coefficient (Wildman–Crippen LogP) is 4.00. The fourth-order valence-electron chi connectivity index (χ4n) is 2.06. The Morgan fingerprint density at radius 3 is 2.24 bits per heavy atom. The SMILES string of the molecule is Cc1ccc([C@@H](C)NCc2c(F)cc(C#N)cc2F)cc1. The van der Waals surface area contributed by atoms with E-state index in [9.17, 15) is 8.78 Å². The van der Waals surface area contributed by atoms with Crippen molar-refractivity contribution in [1.29, 1.82) is 5.26 Å². The van der Waals surface area contributed by atoms with Crippen molar-refractivity contribution >= 4 is 0 Å². The van der Waals surface area contributed by atoms with Gasteiger partial charge in [-0.25, -0.2) is 8.78 Å². The highest BCUT2D eigenvalue weighted by atomic mass is 19.1. The van der Waals surface area contributed by atoms with Crippen LogP contribution in [0.5, 0.6) is 0 Å². The minimum absolute atomic E-state index is 0.0136. The molecule has 0 heterocycles. The van der Waals surface area contributed by atoms with Crippen molar-refractivity contribution in [2.45, 2.75) is 26.4 Å². The molecule has 2 aromatic carbocycles. The first-order chi connectivity index (χ1) is 10.0. The lowest BCUT2D eigenvalue weighted by atomic mass is 10.1. The van der Waals surface area contributed by atoms with Gasteiger partial charge in [0.2, 0.25) is 0 Å². The third-order valence-corrected chi connectivity index (χ3v) is 3.43. The third kappa shape index (κ3) is 3.65. The number of benzene rings is 2. The molecule has 2 rings (SSSR count). The number of nitrogens with zero attached hydrogens (tertiary/aromatic N) is 1. The fraction of sp³-hybridized carbons (Fsp3) is 0.235. The van der Waals surface area contributed by atoms with Crippen LogP contribution in [0, 0.1) is 29.9 Å². The van der Waals surface area contributed by atoms with Crippen LogP contribution in [-0.4, -0.2) is 0 Å². The molecule has 0 aliphatic carbocycles. The Hall–Kier alpha value is -2.25. The molecule has 1 N–H and O–H groups in total. The maximum atomic E-state index is 13.8. The van der Waals surface area contributed by atoms with Gasteiger partial charge in [-0.2, -0.15) is 5.26 Å². The summed E-state index contributed by atoms with van der Waals surface area (Å²) in [6, 6.07) is 11.8. The van der Waals surface area contributed by atoms with Crippen molar-refractivity contribution in [2.75, 3.05) is 0 Å². The zero-order valence-corrected chi connectivity index (χ0v) is 12.0. The topological polar surface area (TPSA) is 35.8 Å². The van der Waals surface area contributed by atoms with E-state index in [2.05, 4.69) is 5.32 Å². The molecule has 0 saturated heterocycles. The van der Waals surface area contributed by atoms with Gasteiger partial charge in [-0.1, -0.05) is 29.8 Å². The summed E-state index contributed by atoms with van der Waals surface area (Å²) in [6.07, 6.45) is 0. The summed E-state index contributed by atoms with van der Waals surface area (Å²) in [5, 5.41) is 11.8. The van der Waals surface area contributed by atoms with Crippen molar-refractivity contribution in [1.82, 2.24) is 5.32 Å². The molecule has 0 aromatic heterocycles. The first kappa shape index (κ1) is 15.1. The minimum Gasteiger partial charge on any atom is -0.306 e. The molecule has 0 aliphatic heterocycles. The van der Waals surface area contributed by atoms with Gasteiger partial charge < -0.3 is 5.32 Å². The van der Waals surface area contributed by atoms with Gasteiger partial charge in [0, 0.05) is 18.2 Å². The molecular formula is C17H16F2N2. The van der Waals surface area contributed by atoms with Crippen molar-refractivity contribution < 1.29 is 8.78 Å². The van der Waals surface area contributed by atoms with E-state index < -0.39 is 11.6 Å². The third-order valence-electron chi connectivity index (χ3n) is 3.43. The lowest BCUT2D eigenvalue weighted by Crippen LogP contribution is -2.19. The van der Waals surface area contributed by atoms with Crippen molar-refractivity contribution in [2.24, 2.45) is 0 Å². The van der Waals surface area contributed by atoms with Gasteiger partial charge in [0.1, 0.15) is 11.6 Å². The zero-order valence-electron chi connectivity index (χ0n) is 12.0. The molecule has 2 nitrogen and oxygen atoms in total. The van der Waals surface area contributed by atoms with Gasteiger partial charge in [-0.15, -0.1) is 0 Å². The highest BCUT2D eigenvalue weighted by Crippen LogP contribution is 2.18. The van der Waals surface area contributed by atoms with E-state index in [4.69, 9.17) is 5.26 Å². The monoisotopic (exact) mass is 286 g/mol. The Morgan fingerprint density at radius 1 is 1.14 bits per heavy atom. The highest BCUT2D eigenvalue weighted by Gasteiger charge is 2.13. The maximum absolute atomic E-state index is 13.8. The molecule has 4 heteroatoms. The van der Waals surface area contributed by atoms with Crippen molar-refractivity contribution in [3.63, 3.8) is 0 Å². The van der Waals surface area contributed by atoms with Crippen LogP contribution < -0.4 is 5.32 Å². The second kappa shape index (κ2) is 6.47. The Kier molecular flexibility index (Phi) is 4.66. The van der Waals surface area contributed by atoms with Crippen LogP contribution >= 0.6 is 0 Å². The fourth-order valence-corrected chi connectivity index (χ4v) is 2.06. The number of rotatable bonds is 4. The van der Waals surface area contributed by atoms with Gasteiger partial charge in [-0.05, 0) is 31.5 Å². The van der Waals surface area contributed by atoms with Gasteiger partial charge in [0.15, 0.2) is 0 Å². The molecule has 0 aliphatic rings. The predicted molar refractivity (Wildman–Crippen MR) is 77.5 cm³/mol. The molecule has 0 spiro atoms. The highest BCUT2D eigenvalue weighted by molar-refractivity contribution is 5.34. The molecule has 21 heavy (non-hydrogen) atoms. The normalized spacial score (nSPS) is 12.0. The summed E-state index contributed by atoms with van der Waals surface area (Å²) in [7, 11) is 0. The number of hydrogen-bond acceptors (Lipinski definition) is 2. The van der Waals surface area contributed by atoms with Crippen molar-refractivity contribution in [3.8, 4) is 6.07 Å². The Bertz CT molecular complexity index is 649. The van der Waals surface area contributed by atoms with E-state index in [-0.39, 0.29) is 23.7 Å². The van der Waals surface area contributed by atoms with Crippen LogP contribution in [0.3, 0.4) is 0 Å². The summed E-state index contributed by atoms with van der Waals surface area (Å²) >= 11 is 0. The van der Waals surface area contributed by atoms with E-state index >= 15 is 0 Å². The standard InChI is InChI=1S/C17H16F2N2/c1-11-3-5-14(6-4-11)12(2)21-10-15-16(18)7-13(9-20)8-17(15)19/h3-8,12,21H,10H2,1-2H3/t12-/m1/s1. The van der Waals surface area contributed by atoms with E-state index in [1.54, 1.807) is 6.07 Å². The van der Waals surface area contributed by atoms with Crippen LogP contribution in [0.4, 0.5) is 8.78 Å². The first-order valence-corrected chi connectivity index (χ1v) is 6.69. The quantitative estimate of drug-likeness (QED) is 0.922.